The molecule has 0 spiro atoms. The molecule has 3 N–H and O–H groups in total. The van der Waals surface area contributed by atoms with E-state index in [-0.39, 0.29) is 22.3 Å². The van der Waals surface area contributed by atoms with E-state index in [1.165, 1.54) is 30.1 Å². The van der Waals surface area contributed by atoms with Gasteiger partial charge in [0.05, 0.1) is 16.3 Å². The quantitative estimate of drug-likeness (QED) is 0.809. The monoisotopic (exact) mass is 323 g/mol. The van der Waals surface area contributed by atoms with Gasteiger partial charge in [0.2, 0.25) is 10.0 Å². The van der Waals surface area contributed by atoms with Crippen molar-refractivity contribution in [2.45, 2.75) is 30.0 Å². The number of sulfonamides is 1. The summed E-state index contributed by atoms with van der Waals surface area (Å²) in [6.45, 7) is -1.10. The molecular formula is C12H16F3N3O2S. The zero-order valence-electron chi connectivity index (χ0n) is 11.3. The highest BCUT2D eigenvalue weighted by molar-refractivity contribution is 7.89. The maximum Gasteiger partial charge on any atom is 0.405 e. The number of benzene rings is 1. The van der Waals surface area contributed by atoms with Crippen molar-refractivity contribution in [3.8, 4) is 0 Å². The van der Waals surface area contributed by atoms with Crippen LogP contribution < -0.4 is 15.4 Å². The highest BCUT2D eigenvalue weighted by Gasteiger charge is 2.38. The van der Waals surface area contributed by atoms with Crippen LogP contribution in [0, 0.1) is 0 Å². The molecule has 0 atom stereocenters. The lowest BCUT2D eigenvalue weighted by Crippen LogP contribution is -2.36. The molecule has 0 unspecified atom stereocenters. The summed E-state index contributed by atoms with van der Waals surface area (Å²) in [5.74, 6) is 0. The average molecular weight is 323 g/mol. The van der Waals surface area contributed by atoms with E-state index in [2.05, 4.69) is 4.72 Å². The first-order valence-corrected chi connectivity index (χ1v) is 7.79. The molecule has 1 aromatic rings. The fourth-order valence-electron chi connectivity index (χ4n) is 2.07. The van der Waals surface area contributed by atoms with Crippen molar-refractivity contribution in [1.29, 1.82) is 0 Å². The summed E-state index contributed by atoms with van der Waals surface area (Å²) in [4.78, 5) is 1.11. The molecule has 2 rings (SSSR count). The second-order valence-electron chi connectivity index (χ2n) is 4.90. The lowest BCUT2D eigenvalue weighted by Gasteiger charge is -2.27. The van der Waals surface area contributed by atoms with Gasteiger partial charge in [-0.3, -0.25) is 0 Å². The number of nitrogens with zero attached hydrogens (tertiary/aromatic N) is 1. The number of halogens is 3. The molecule has 21 heavy (non-hydrogen) atoms. The average Bonchev–Trinajstić information content (AvgIpc) is 3.19. The van der Waals surface area contributed by atoms with Gasteiger partial charge in [0.15, 0.2) is 0 Å². The summed E-state index contributed by atoms with van der Waals surface area (Å²) < 4.78 is 63.4. The number of rotatable bonds is 5. The molecule has 0 aliphatic heterocycles. The van der Waals surface area contributed by atoms with Crippen LogP contribution in [0.15, 0.2) is 23.1 Å². The maximum absolute atomic E-state index is 12.6. The van der Waals surface area contributed by atoms with E-state index in [1.54, 1.807) is 0 Å². The highest BCUT2D eigenvalue weighted by atomic mass is 32.2. The Morgan fingerprint density at radius 1 is 1.38 bits per heavy atom. The number of hydrogen-bond acceptors (Lipinski definition) is 4. The van der Waals surface area contributed by atoms with E-state index < -0.39 is 22.7 Å². The van der Waals surface area contributed by atoms with Crippen LogP contribution in [-0.2, 0) is 10.0 Å². The Morgan fingerprint density at radius 2 is 2.00 bits per heavy atom. The minimum atomic E-state index is -4.34. The number of hydrogen-bond donors (Lipinski definition) is 2. The summed E-state index contributed by atoms with van der Waals surface area (Å²) in [5.41, 5.74) is 5.99. The molecule has 0 saturated heterocycles. The Labute approximate surface area is 121 Å². The summed E-state index contributed by atoms with van der Waals surface area (Å²) >= 11 is 0. The largest absolute Gasteiger partial charge is 0.405 e. The smallest absolute Gasteiger partial charge is 0.397 e. The van der Waals surface area contributed by atoms with Crippen LogP contribution >= 0.6 is 0 Å². The predicted molar refractivity (Wildman–Crippen MR) is 73.5 cm³/mol. The lowest BCUT2D eigenvalue weighted by atomic mass is 10.2. The molecule has 1 aliphatic carbocycles. The van der Waals surface area contributed by atoms with Gasteiger partial charge in [0, 0.05) is 6.04 Å². The molecule has 5 nitrogen and oxygen atoms in total. The van der Waals surface area contributed by atoms with Crippen molar-refractivity contribution in [3.05, 3.63) is 18.2 Å². The Hall–Kier alpha value is -1.48. The highest BCUT2D eigenvalue weighted by Crippen LogP contribution is 2.37. The summed E-state index contributed by atoms with van der Waals surface area (Å²) in [5, 5.41) is 0. The molecule has 118 valence electrons. The summed E-state index contributed by atoms with van der Waals surface area (Å²) in [6.07, 6.45) is -3.00. The van der Waals surface area contributed by atoms with E-state index in [4.69, 9.17) is 5.73 Å². The summed E-state index contributed by atoms with van der Waals surface area (Å²) in [7, 11) is -2.42. The van der Waals surface area contributed by atoms with Crippen LogP contribution in [0.5, 0.6) is 0 Å². The van der Waals surface area contributed by atoms with Crippen LogP contribution in [0.1, 0.15) is 12.8 Å². The number of alkyl halides is 3. The van der Waals surface area contributed by atoms with E-state index in [0.717, 1.165) is 0 Å². The van der Waals surface area contributed by atoms with E-state index in [9.17, 15) is 21.6 Å². The van der Waals surface area contributed by atoms with E-state index >= 15 is 0 Å². The van der Waals surface area contributed by atoms with Gasteiger partial charge in [-0.05, 0) is 38.1 Å². The molecule has 0 amide bonds. The van der Waals surface area contributed by atoms with Crippen molar-refractivity contribution >= 4 is 21.4 Å². The summed E-state index contributed by atoms with van der Waals surface area (Å²) in [6, 6.07) is 3.56. The first-order chi connectivity index (χ1) is 9.64. The minimum Gasteiger partial charge on any atom is -0.397 e. The van der Waals surface area contributed by atoms with E-state index in [0.29, 0.717) is 12.8 Å². The Bertz CT molecular complexity index is 627. The molecule has 1 aromatic carbocycles. The first kappa shape index (κ1) is 15.9. The number of nitrogen functional groups attached to an aromatic ring is 1. The van der Waals surface area contributed by atoms with Crippen molar-refractivity contribution in [2.75, 3.05) is 24.2 Å². The van der Waals surface area contributed by atoms with Gasteiger partial charge in [0.1, 0.15) is 6.54 Å². The topological polar surface area (TPSA) is 75.4 Å². The third kappa shape index (κ3) is 3.79. The standard InChI is InChI=1S/C12H16F3N3O2S/c1-17-21(19,20)9-4-5-11(10(16)6-9)18(8-2-3-8)7-12(13,14)15/h4-6,8,17H,2-3,7,16H2,1H3. The van der Waals surface area contributed by atoms with Gasteiger partial charge in [-0.15, -0.1) is 0 Å². The van der Waals surface area contributed by atoms with Crippen LogP contribution in [0.2, 0.25) is 0 Å². The molecule has 9 heteroatoms. The second kappa shape index (κ2) is 5.38. The van der Waals surface area contributed by atoms with Gasteiger partial charge in [-0.25, -0.2) is 13.1 Å². The normalized spacial score (nSPS) is 16.0. The molecule has 1 saturated carbocycles. The van der Waals surface area contributed by atoms with Gasteiger partial charge in [0.25, 0.3) is 0 Å². The van der Waals surface area contributed by atoms with Crippen molar-refractivity contribution in [1.82, 2.24) is 4.72 Å². The molecule has 0 bridgehead atoms. The third-order valence-electron chi connectivity index (χ3n) is 3.22. The molecule has 0 radical (unpaired) electrons. The lowest BCUT2D eigenvalue weighted by molar-refractivity contribution is -0.119. The molecular weight excluding hydrogens is 307 g/mol. The van der Waals surface area contributed by atoms with Crippen LogP contribution in [0.3, 0.4) is 0 Å². The molecule has 1 fully saturated rings. The van der Waals surface area contributed by atoms with Gasteiger partial charge < -0.3 is 10.6 Å². The fourth-order valence-corrected chi connectivity index (χ4v) is 2.83. The Balaban J connectivity index is 2.35. The van der Waals surface area contributed by atoms with Crippen LogP contribution in [0.4, 0.5) is 24.5 Å². The van der Waals surface area contributed by atoms with Crippen molar-refractivity contribution in [3.63, 3.8) is 0 Å². The zero-order chi connectivity index (χ0) is 15.8. The number of nitrogens with two attached hydrogens (primary N) is 1. The molecule has 0 aromatic heterocycles. The SMILES string of the molecule is CNS(=O)(=O)c1ccc(N(CC(F)(F)F)C2CC2)c(N)c1. The second-order valence-corrected chi connectivity index (χ2v) is 6.79. The van der Waals surface area contributed by atoms with Crippen LogP contribution in [-0.4, -0.2) is 34.2 Å². The Kier molecular flexibility index (Phi) is 4.07. The predicted octanol–water partition coefficient (Wildman–Crippen LogP) is 1.71. The van der Waals surface area contributed by atoms with Crippen molar-refractivity contribution in [2.24, 2.45) is 0 Å². The van der Waals surface area contributed by atoms with Gasteiger partial charge >= 0.3 is 6.18 Å². The van der Waals surface area contributed by atoms with E-state index in [1.807, 2.05) is 0 Å². The van der Waals surface area contributed by atoms with Crippen LogP contribution in [0.25, 0.3) is 0 Å². The van der Waals surface area contributed by atoms with Gasteiger partial charge in [-0.1, -0.05) is 0 Å². The zero-order valence-corrected chi connectivity index (χ0v) is 12.1. The number of nitrogens with one attached hydrogen (secondary N) is 1. The maximum atomic E-state index is 12.6. The number of anilines is 2. The Morgan fingerprint density at radius 3 is 2.43 bits per heavy atom. The van der Waals surface area contributed by atoms with Gasteiger partial charge in [-0.2, -0.15) is 13.2 Å². The molecule has 1 aliphatic rings. The first-order valence-electron chi connectivity index (χ1n) is 6.30. The fraction of sp³-hybridized carbons (Fsp3) is 0.500. The molecule has 0 heterocycles. The van der Waals surface area contributed by atoms with Crippen molar-refractivity contribution < 1.29 is 21.6 Å². The third-order valence-corrected chi connectivity index (χ3v) is 4.64. The minimum absolute atomic E-state index is 0.0162.